The molecule has 0 aromatic rings. The summed E-state index contributed by atoms with van der Waals surface area (Å²) in [7, 11) is 0. The number of carbonyl (C=O) groups excluding carboxylic acids is 2. The lowest BCUT2D eigenvalue weighted by molar-refractivity contribution is -0.259. The van der Waals surface area contributed by atoms with Crippen LogP contribution >= 0.6 is 23.2 Å². The average molecular weight is 383 g/mol. The number of unbranched alkanes of at least 4 members (excludes halogenated alkanes) is 10. The van der Waals surface area contributed by atoms with Crippen LogP contribution in [-0.2, 0) is 19.4 Å². The van der Waals surface area contributed by atoms with Gasteiger partial charge in [-0.25, -0.2) is 19.4 Å². The minimum atomic E-state index is -0.467. The van der Waals surface area contributed by atoms with E-state index in [4.69, 9.17) is 23.2 Å². The van der Waals surface area contributed by atoms with Gasteiger partial charge in [0.1, 0.15) is 0 Å². The van der Waals surface area contributed by atoms with Gasteiger partial charge in [0, 0.05) is 11.8 Å². The highest BCUT2D eigenvalue weighted by atomic mass is 35.5. The Morgan fingerprint density at radius 1 is 0.500 bits per heavy atom. The fraction of sp³-hybridized carbons (Fsp3) is 0.889. The van der Waals surface area contributed by atoms with E-state index in [9.17, 15) is 9.59 Å². The van der Waals surface area contributed by atoms with Crippen LogP contribution in [0.25, 0.3) is 0 Å². The van der Waals surface area contributed by atoms with Gasteiger partial charge in [-0.1, -0.05) is 51.4 Å². The normalized spacial score (nSPS) is 10.6. The van der Waals surface area contributed by atoms with E-state index in [1.165, 1.54) is 0 Å². The monoisotopic (exact) mass is 382 g/mol. The molecule has 0 aromatic carbocycles. The average Bonchev–Trinajstić information content (AvgIpc) is 2.58. The standard InChI is InChI=1S/C18H32Cl2O4/c19-15-11-7-3-1-5-9-13-17(21)23-24-18(22)14-10-6-2-4-8-12-16-20/h1-16H2. The van der Waals surface area contributed by atoms with Crippen LogP contribution in [0.3, 0.4) is 0 Å². The molecule has 0 rings (SSSR count). The molecule has 0 atom stereocenters. The first-order valence-electron chi connectivity index (χ1n) is 9.22. The maximum Gasteiger partial charge on any atom is 0.355 e. The first-order valence-corrected chi connectivity index (χ1v) is 10.3. The lowest BCUT2D eigenvalue weighted by Gasteiger charge is -2.04. The van der Waals surface area contributed by atoms with E-state index >= 15 is 0 Å². The maximum atomic E-state index is 11.4. The third kappa shape index (κ3) is 17.9. The molecule has 6 heteroatoms. The third-order valence-corrected chi connectivity index (χ3v) is 4.29. The number of rotatable bonds is 16. The zero-order valence-corrected chi connectivity index (χ0v) is 16.2. The van der Waals surface area contributed by atoms with Crippen molar-refractivity contribution in [3.8, 4) is 0 Å². The molecule has 0 N–H and O–H groups in total. The summed E-state index contributed by atoms with van der Waals surface area (Å²) in [5, 5.41) is 0. The Morgan fingerprint density at radius 3 is 1.12 bits per heavy atom. The van der Waals surface area contributed by atoms with Crippen LogP contribution in [0.15, 0.2) is 0 Å². The van der Waals surface area contributed by atoms with E-state index in [0.29, 0.717) is 24.6 Å². The van der Waals surface area contributed by atoms with Crippen LogP contribution in [0.2, 0.25) is 0 Å². The predicted molar refractivity (Wildman–Crippen MR) is 98.3 cm³/mol. The molecule has 0 amide bonds. The van der Waals surface area contributed by atoms with Crippen LogP contribution in [0.4, 0.5) is 0 Å². The Kier molecular flexibility index (Phi) is 18.5. The summed E-state index contributed by atoms with van der Waals surface area (Å²) in [6.07, 6.45) is 12.9. The van der Waals surface area contributed by atoms with Crippen molar-refractivity contribution in [3.05, 3.63) is 0 Å². The highest BCUT2D eigenvalue weighted by Gasteiger charge is 2.09. The maximum absolute atomic E-state index is 11.4. The van der Waals surface area contributed by atoms with E-state index in [1.807, 2.05) is 0 Å². The summed E-state index contributed by atoms with van der Waals surface area (Å²) in [5.41, 5.74) is 0. The predicted octanol–water partition coefficient (Wildman–Crippen LogP) is 5.93. The van der Waals surface area contributed by atoms with Gasteiger partial charge < -0.3 is 0 Å². The molecule has 0 aromatic heterocycles. The molecule has 0 aliphatic carbocycles. The lowest BCUT2D eigenvalue weighted by Crippen LogP contribution is -2.11. The molecular formula is C18H32Cl2O4. The zero-order chi connectivity index (χ0) is 17.9. The molecule has 142 valence electrons. The molecule has 0 unspecified atom stereocenters. The minimum Gasteiger partial charge on any atom is -0.247 e. The summed E-state index contributed by atoms with van der Waals surface area (Å²) >= 11 is 11.2. The second kappa shape index (κ2) is 18.9. The fourth-order valence-electron chi connectivity index (χ4n) is 2.32. The van der Waals surface area contributed by atoms with Crippen LogP contribution in [0.5, 0.6) is 0 Å². The molecule has 0 radical (unpaired) electrons. The van der Waals surface area contributed by atoms with Crippen molar-refractivity contribution >= 4 is 35.1 Å². The second-order valence-corrected chi connectivity index (χ2v) is 6.79. The van der Waals surface area contributed by atoms with Gasteiger partial charge in [0.15, 0.2) is 0 Å². The summed E-state index contributed by atoms with van der Waals surface area (Å²) < 4.78 is 0. The third-order valence-electron chi connectivity index (χ3n) is 3.76. The largest absolute Gasteiger partial charge is 0.355 e. The van der Waals surface area contributed by atoms with Crippen molar-refractivity contribution in [2.75, 3.05) is 11.8 Å². The Bertz CT molecular complexity index is 281. The smallest absolute Gasteiger partial charge is 0.247 e. The Labute approximate surface area is 156 Å². The molecular weight excluding hydrogens is 351 g/mol. The molecule has 0 saturated heterocycles. The fourth-order valence-corrected chi connectivity index (χ4v) is 2.70. The van der Waals surface area contributed by atoms with Crippen LogP contribution in [0, 0.1) is 0 Å². The molecule has 0 aliphatic heterocycles. The topological polar surface area (TPSA) is 52.6 Å². The van der Waals surface area contributed by atoms with Gasteiger partial charge in [0.2, 0.25) is 0 Å². The molecule has 0 aliphatic rings. The van der Waals surface area contributed by atoms with Gasteiger partial charge in [0.25, 0.3) is 0 Å². The van der Waals surface area contributed by atoms with Crippen molar-refractivity contribution in [1.29, 1.82) is 0 Å². The molecule has 0 heterocycles. The summed E-state index contributed by atoms with van der Waals surface area (Å²) in [4.78, 5) is 31.9. The van der Waals surface area contributed by atoms with E-state index in [0.717, 1.165) is 77.0 Å². The lowest BCUT2D eigenvalue weighted by atomic mass is 10.1. The number of hydrogen-bond donors (Lipinski definition) is 0. The van der Waals surface area contributed by atoms with Gasteiger partial charge in [-0.05, 0) is 25.7 Å². The van der Waals surface area contributed by atoms with Crippen molar-refractivity contribution in [1.82, 2.24) is 0 Å². The van der Waals surface area contributed by atoms with Crippen LogP contribution in [-0.4, -0.2) is 23.7 Å². The Balaban J connectivity index is 3.34. The van der Waals surface area contributed by atoms with Gasteiger partial charge >= 0.3 is 11.9 Å². The first kappa shape index (κ1) is 23.5. The second-order valence-electron chi connectivity index (χ2n) is 6.03. The van der Waals surface area contributed by atoms with Gasteiger partial charge in [-0.2, -0.15) is 0 Å². The Morgan fingerprint density at radius 2 is 0.792 bits per heavy atom. The highest BCUT2D eigenvalue weighted by molar-refractivity contribution is 6.18. The molecule has 0 spiro atoms. The van der Waals surface area contributed by atoms with Gasteiger partial charge in [0.05, 0.1) is 12.8 Å². The van der Waals surface area contributed by atoms with Gasteiger partial charge in [-0.3, -0.25) is 0 Å². The zero-order valence-electron chi connectivity index (χ0n) is 14.7. The van der Waals surface area contributed by atoms with Crippen molar-refractivity contribution in [2.45, 2.75) is 89.9 Å². The van der Waals surface area contributed by atoms with Gasteiger partial charge in [-0.15, -0.1) is 23.2 Å². The summed E-state index contributed by atoms with van der Waals surface area (Å²) in [5.74, 6) is 0.493. The first-order chi connectivity index (χ1) is 11.7. The molecule has 0 bridgehead atoms. The molecule has 4 nitrogen and oxygen atoms in total. The molecule has 0 saturated carbocycles. The Hall–Kier alpha value is -0.480. The number of carbonyl (C=O) groups is 2. The summed E-state index contributed by atoms with van der Waals surface area (Å²) in [6.45, 7) is 0. The van der Waals surface area contributed by atoms with Crippen molar-refractivity contribution in [2.24, 2.45) is 0 Å². The van der Waals surface area contributed by atoms with E-state index < -0.39 is 11.9 Å². The molecule has 0 fully saturated rings. The quantitative estimate of drug-likeness (QED) is 0.144. The number of alkyl halides is 2. The van der Waals surface area contributed by atoms with E-state index in [2.05, 4.69) is 9.78 Å². The van der Waals surface area contributed by atoms with E-state index in [-0.39, 0.29) is 0 Å². The van der Waals surface area contributed by atoms with E-state index in [1.54, 1.807) is 0 Å². The number of hydrogen-bond acceptors (Lipinski definition) is 4. The van der Waals surface area contributed by atoms with Crippen molar-refractivity contribution in [3.63, 3.8) is 0 Å². The van der Waals surface area contributed by atoms with Crippen LogP contribution in [0.1, 0.15) is 89.9 Å². The number of halogens is 2. The molecule has 24 heavy (non-hydrogen) atoms. The minimum absolute atomic E-state index is 0.295. The van der Waals surface area contributed by atoms with Crippen molar-refractivity contribution < 1.29 is 19.4 Å². The summed E-state index contributed by atoms with van der Waals surface area (Å²) in [6, 6.07) is 0. The SMILES string of the molecule is O=C(CCCCCCCCCl)OOC(=O)CCCCCCCCCl. The van der Waals surface area contributed by atoms with Crippen LogP contribution < -0.4 is 0 Å². The highest BCUT2D eigenvalue weighted by Crippen LogP contribution is 2.10.